The summed E-state index contributed by atoms with van der Waals surface area (Å²) in [6, 6.07) is 2.18. The lowest BCUT2D eigenvalue weighted by Gasteiger charge is -2.26. The number of rotatable bonds is 6. The first-order chi connectivity index (χ1) is 8.65. The first kappa shape index (κ1) is 13.3. The summed E-state index contributed by atoms with van der Waals surface area (Å²) in [6.45, 7) is 9.62. The molecule has 3 nitrogen and oxygen atoms in total. The molecule has 0 radical (unpaired) electrons. The monoisotopic (exact) mass is 247 g/mol. The molecule has 0 atom stereocenters. The maximum Gasteiger partial charge on any atom is 0.133 e. The molecule has 100 valence electrons. The van der Waals surface area contributed by atoms with Gasteiger partial charge in [-0.25, -0.2) is 4.98 Å². The van der Waals surface area contributed by atoms with Gasteiger partial charge in [0.05, 0.1) is 0 Å². The van der Waals surface area contributed by atoms with Crippen LogP contribution in [0, 0.1) is 19.8 Å². The van der Waals surface area contributed by atoms with Crippen LogP contribution in [-0.2, 0) is 6.54 Å². The molecule has 0 amide bonds. The minimum Gasteiger partial charge on any atom is -0.356 e. The highest BCUT2D eigenvalue weighted by Crippen LogP contribution is 2.32. The molecule has 0 saturated heterocycles. The normalized spacial score (nSPS) is 14.9. The molecule has 1 fully saturated rings. The van der Waals surface area contributed by atoms with E-state index in [9.17, 15) is 0 Å². The fourth-order valence-electron chi connectivity index (χ4n) is 2.48. The van der Waals surface area contributed by atoms with Crippen molar-refractivity contribution in [1.29, 1.82) is 0 Å². The smallest absolute Gasteiger partial charge is 0.133 e. The summed E-state index contributed by atoms with van der Waals surface area (Å²) in [7, 11) is 2.00. The summed E-state index contributed by atoms with van der Waals surface area (Å²) >= 11 is 0. The van der Waals surface area contributed by atoms with Gasteiger partial charge < -0.3 is 10.2 Å². The second-order valence-corrected chi connectivity index (χ2v) is 5.40. The first-order valence-electron chi connectivity index (χ1n) is 7.02. The summed E-state index contributed by atoms with van der Waals surface area (Å²) in [5.74, 6) is 2.09. The van der Waals surface area contributed by atoms with Crippen molar-refractivity contribution < 1.29 is 0 Å². The number of aromatic nitrogens is 1. The van der Waals surface area contributed by atoms with E-state index in [0.29, 0.717) is 0 Å². The quantitative estimate of drug-likeness (QED) is 0.837. The third kappa shape index (κ3) is 3.02. The molecule has 1 heterocycles. The molecule has 1 N–H and O–H groups in total. The van der Waals surface area contributed by atoms with Crippen LogP contribution in [-0.4, -0.2) is 25.1 Å². The molecule has 1 aromatic heterocycles. The Morgan fingerprint density at radius 3 is 2.67 bits per heavy atom. The largest absolute Gasteiger partial charge is 0.356 e. The van der Waals surface area contributed by atoms with Gasteiger partial charge in [0.1, 0.15) is 5.82 Å². The van der Waals surface area contributed by atoms with Gasteiger partial charge in [0.25, 0.3) is 0 Å². The van der Waals surface area contributed by atoms with Gasteiger partial charge in [0.2, 0.25) is 0 Å². The van der Waals surface area contributed by atoms with E-state index >= 15 is 0 Å². The van der Waals surface area contributed by atoms with E-state index in [0.717, 1.165) is 24.7 Å². The maximum absolute atomic E-state index is 4.79. The summed E-state index contributed by atoms with van der Waals surface area (Å²) in [6.07, 6.45) is 2.78. The predicted molar refractivity (Wildman–Crippen MR) is 77.1 cm³/mol. The van der Waals surface area contributed by atoms with Gasteiger partial charge in [-0.05, 0) is 58.2 Å². The number of anilines is 1. The van der Waals surface area contributed by atoms with Gasteiger partial charge in [0.15, 0.2) is 0 Å². The van der Waals surface area contributed by atoms with Gasteiger partial charge in [0, 0.05) is 30.9 Å². The van der Waals surface area contributed by atoms with Crippen LogP contribution in [0.3, 0.4) is 0 Å². The number of aryl methyl sites for hydroxylation is 2. The number of hydrogen-bond acceptors (Lipinski definition) is 3. The molecule has 18 heavy (non-hydrogen) atoms. The summed E-state index contributed by atoms with van der Waals surface area (Å²) in [5, 5.41) is 3.27. The van der Waals surface area contributed by atoms with Crippen LogP contribution in [0.5, 0.6) is 0 Å². The highest BCUT2D eigenvalue weighted by Gasteiger charge is 2.25. The zero-order valence-electron chi connectivity index (χ0n) is 12.1. The molecule has 0 aromatic carbocycles. The van der Waals surface area contributed by atoms with Crippen LogP contribution in [0.2, 0.25) is 0 Å². The van der Waals surface area contributed by atoms with Crippen molar-refractivity contribution in [3.63, 3.8) is 0 Å². The Labute approximate surface area is 111 Å². The summed E-state index contributed by atoms with van der Waals surface area (Å²) in [5.41, 5.74) is 3.82. The zero-order valence-corrected chi connectivity index (χ0v) is 12.1. The predicted octanol–water partition coefficient (Wildman–Crippen LogP) is 2.65. The topological polar surface area (TPSA) is 28.2 Å². The Hall–Kier alpha value is -1.09. The number of nitrogens with zero attached hydrogens (tertiary/aromatic N) is 2. The first-order valence-corrected chi connectivity index (χ1v) is 7.02. The van der Waals surface area contributed by atoms with E-state index in [1.165, 1.54) is 36.3 Å². The van der Waals surface area contributed by atoms with Crippen molar-refractivity contribution in [3.05, 3.63) is 22.9 Å². The van der Waals surface area contributed by atoms with E-state index in [1.807, 2.05) is 7.05 Å². The minimum absolute atomic E-state index is 0.898. The Bertz CT molecular complexity index is 410. The summed E-state index contributed by atoms with van der Waals surface area (Å²) in [4.78, 5) is 7.24. The number of pyridine rings is 1. The van der Waals surface area contributed by atoms with Crippen LogP contribution in [0.4, 0.5) is 5.82 Å². The molecule has 0 spiro atoms. The molecule has 1 aliphatic carbocycles. The average molecular weight is 247 g/mol. The van der Waals surface area contributed by atoms with Crippen molar-refractivity contribution in [1.82, 2.24) is 10.3 Å². The average Bonchev–Trinajstić information content (AvgIpc) is 3.13. The second kappa shape index (κ2) is 5.70. The second-order valence-electron chi connectivity index (χ2n) is 5.40. The maximum atomic E-state index is 4.79. The van der Waals surface area contributed by atoms with Gasteiger partial charge in [-0.3, -0.25) is 0 Å². The lowest BCUT2D eigenvalue weighted by Crippen LogP contribution is -2.28. The zero-order chi connectivity index (χ0) is 13.1. The van der Waals surface area contributed by atoms with Gasteiger partial charge in [-0.15, -0.1) is 0 Å². The van der Waals surface area contributed by atoms with Crippen LogP contribution in [0.1, 0.15) is 36.6 Å². The van der Waals surface area contributed by atoms with Crippen molar-refractivity contribution in [3.8, 4) is 0 Å². The van der Waals surface area contributed by atoms with Crippen LogP contribution in [0.15, 0.2) is 6.07 Å². The standard InChI is InChI=1S/C15H25N3/c1-5-18(10-13-6-7-13)15-14(9-16-4)11(2)8-12(3)17-15/h8,13,16H,5-7,9-10H2,1-4H3. The van der Waals surface area contributed by atoms with Gasteiger partial charge in [-0.2, -0.15) is 0 Å². The fraction of sp³-hybridized carbons (Fsp3) is 0.667. The Morgan fingerprint density at radius 2 is 2.11 bits per heavy atom. The highest BCUT2D eigenvalue weighted by molar-refractivity contribution is 5.51. The van der Waals surface area contributed by atoms with E-state index in [-0.39, 0.29) is 0 Å². The SMILES string of the molecule is CCN(CC1CC1)c1nc(C)cc(C)c1CNC. The van der Waals surface area contributed by atoms with Gasteiger partial charge in [-0.1, -0.05) is 0 Å². The van der Waals surface area contributed by atoms with Gasteiger partial charge >= 0.3 is 0 Å². The number of nitrogens with one attached hydrogen (secondary N) is 1. The van der Waals surface area contributed by atoms with E-state index in [2.05, 4.69) is 37.1 Å². The number of hydrogen-bond donors (Lipinski definition) is 1. The lowest BCUT2D eigenvalue weighted by atomic mass is 10.1. The van der Waals surface area contributed by atoms with Crippen molar-refractivity contribution in [2.75, 3.05) is 25.0 Å². The fourth-order valence-corrected chi connectivity index (χ4v) is 2.48. The minimum atomic E-state index is 0.898. The third-order valence-corrected chi connectivity index (χ3v) is 3.66. The molecule has 1 saturated carbocycles. The molecule has 1 aromatic rings. The Balaban J connectivity index is 2.31. The molecule has 0 bridgehead atoms. The van der Waals surface area contributed by atoms with Crippen LogP contribution < -0.4 is 10.2 Å². The van der Waals surface area contributed by atoms with Crippen molar-refractivity contribution >= 4 is 5.82 Å². The molecular weight excluding hydrogens is 222 g/mol. The molecule has 0 unspecified atom stereocenters. The molecule has 3 heteroatoms. The molecular formula is C15H25N3. The van der Waals surface area contributed by atoms with Crippen molar-refractivity contribution in [2.24, 2.45) is 5.92 Å². The lowest BCUT2D eigenvalue weighted by molar-refractivity contribution is 0.714. The van der Waals surface area contributed by atoms with E-state index in [4.69, 9.17) is 4.98 Å². The van der Waals surface area contributed by atoms with Crippen molar-refractivity contribution in [2.45, 2.75) is 40.2 Å². The molecule has 1 aliphatic rings. The Kier molecular flexibility index (Phi) is 4.23. The van der Waals surface area contributed by atoms with Crippen LogP contribution >= 0.6 is 0 Å². The third-order valence-electron chi connectivity index (χ3n) is 3.66. The van der Waals surface area contributed by atoms with E-state index in [1.54, 1.807) is 0 Å². The Morgan fingerprint density at radius 1 is 1.39 bits per heavy atom. The highest BCUT2D eigenvalue weighted by atomic mass is 15.2. The van der Waals surface area contributed by atoms with E-state index < -0.39 is 0 Å². The molecule has 0 aliphatic heterocycles. The summed E-state index contributed by atoms with van der Waals surface area (Å²) < 4.78 is 0. The molecule has 2 rings (SSSR count). The van der Waals surface area contributed by atoms with Crippen LogP contribution in [0.25, 0.3) is 0 Å².